The molecule has 1 heterocycles. The molecule has 0 spiro atoms. The number of aliphatic hydroxyl groups is 1. The van der Waals surface area contributed by atoms with Crippen LogP contribution in [0.15, 0.2) is 85.1 Å². The predicted octanol–water partition coefficient (Wildman–Crippen LogP) is 5.13. The van der Waals surface area contributed by atoms with Crippen LogP contribution in [0.25, 0.3) is 10.9 Å². The van der Waals surface area contributed by atoms with E-state index in [0.29, 0.717) is 24.8 Å². The maximum atomic E-state index is 13.9. The second kappa shape index (κ2) is 19.1. The molecule has 51 heavy (non-hydrogen) atoms. The van der Waals surface area contributed by atoms with Crippen molar-refractivity contribution in [1.29, 1.82) is 0 Å². The van der Waals surface area contributed by atoms with Crippen molar-refractivity contribution in [2.45, 2.75) is 70.4 Å². The number of benzene rings is 3. The lowest BCUT2D eigenvalue weighted by Gasteiger charge is -2.27. The van der Waals surface area contributed by atoms with E-state index < -0.39 is 42.2 Å². The van der Waals surface area contributed by atoms with Gasteiger partial charge >= 0.3 is 12.2 Å². The molecule has 4 rings (SSSR count). The summed E-state index contributed by atoms with van der Waals surface area (Å²) in [6.07, 6.45) is 1.17. The summed E-state index contributed by atoms with van der Waals surface area (Å²) in [6.45, 7) is 3.59. The number of hydrogen-bond donors (Lipinski definition) is 5. The van der Waals surface area contributed by atoms with E-state index in [1.165, 1.54) is 33.0 Å². The van der Waals surface area contributed by atoms with Crippen LogP contribution in [-0.2, 0) is 32.3 Å². The van der Waals surface area contributed by atoms with Gasteiger partial charge < -0.3 is 35.5 Å². The van der Waals surface area contributed by atoms with Gasteiger partial charge in [-0.1, -0.05) is 67.1 Å². The number of rotatable bonds is 17. The van der Waals surface area contributed by atoms with E-state index in [2.05, 4.69) is 20.9 Å². The molecular formula is C38H46FN5O7. The standard InChI is InChI=1S/C38H46FN5O7/c1-25(44(3)38(49)51-24-28-14-8-5-9-15-28)35(46)43-34(26(2)45)36(47)40-19-11-10-16-29(32-22-41-33-20-30(39)17-18-31(32)33)21-42-37(48)50-23-27-12-6-4-7-13-27/h4-9,12-15,17-18,20,22,25-26,29,34,41,45H,10-11,16,19,21,23-24H2,1-3H3,(H,40,47)(H,42,48)(H,43,46). The number of carbonyl (C=O) groups is 4. The molecular weight excluding hydrogens is 657 g/mol. The molecule has 0 fully saturated rings. The van der Waals surface area contributed by atoms with Gasteiger partial charge in [-0.15, -0.1) is 0 Å². The number of nitrogens with zero attached hydrogens (tertiary/aromatic N) is 1. The van der Waals surface area contributed by atoms with Crippen LogP contribution in [0.2, 0.25) is 0 Å². The second-order valence-corrected chi connectivity index (χ2v) is 12.4. The third-order valence-corrected chi connectivity index (χ3v) is 8.62. The number of H-pyrrole nitrogens is 1. The van der Waals surface area contributed by atoms with E-state index in [9.17, 15) is 28.7 Å². The van der Waals surface area contributed by atoms with E-state index >= 15 is 0 Å². The first-order chi connectivity index (χ1) is 24.5. The van der Waals surface area contributed by atoms with Gasteiger partial charge in [0.15, 0.2) is 0 Å². The zero-order valence-corrected chi connectivity index (χ0v) is 29.1. The van der Waals surface area contributed by atoms with Gasteiger partial charge in [-0.05, 0) is 61.6 Å². The molecule has 4 aromatic rings. The molecule has 4 amide bonds. The Morgan fingerprint density at radius 2 is 1.51 bits per heavy atom. The third-order valence-electron chi connectivity index (χ3n) is 8.62. The Labute approximate surface area is 296 Å². The number of hydrogen-bond acceptors (Lipinski definition) is 7. The molecule has 4 unspecified atom stereocenters. The highest BCUT2D eigenvalue weighted by molar-refractivity contribution is 5.91. The highest BCUT2D eigenvalue weighted by Crippen LogP contribution is 2.29. The number of fused-ring (bicyclic) bond motifs is 1. The average molecular weight is 704 g/mol. The largest absolute Gasteiger partial charge is 0.445 e. The lowest BCUT2D eigenvalue weighted by atomic mass is 9.93. The minimum Gasteiger partial charge on any atom is -0.445 e. The molecule has 5 N–H and O–H groups in total. The Balaban J connectivity index is 1.26. The molecule has 0 saturated heterocycles. The number of carbonyl (C=O) groups excluding carboxylic acids is 4. The lowest BCUT2D eigenvalue weighted by molar-refractivity contribution is -0.133. The summed E-state index contributed by atoms with van der Waals surface area (Å²) in [5.41, 5.74) is 3.22. The predicted molar refractivity (Wildman–Crippen MR) is 190 cm³/mol. The van der Waals surface area contributed by atoms with Crippen LogP contribution in [0, 0.1) is 5.82 Å². The Kier molecular flexibility index (Phi) is 14.4. The minimum absolute atomic E-state index is 0.0391. The molecule has 0 radical (unpaired) electrons. The number of nitrogens with one attached hydrogen (secondary N) is 4. The van der Waals surface area contributed by atoms with Crippen LogP contribution in [0.1, 0.15) is 55.7 Å². The summed E-state index contributed by atoms with van der Waals surface area (Å²) in [5.74, 6) is -1.71. The van der Waals surface area contributed by atoms with Crippen molar-refractivity contribution in [2.24, 2.45) is 0 Å². The van der Waals surface area contributed by atoms with E-state index in [4.69, 9.17) is 9.47 Å². The van der Waals surface area contributed by atoms with E-state index in [1.54, 1.807) is 6.07 Å². The fourth-order valence-electron chi connectivity index (χ4n) is 5.48. The van der Waals surface area contributed by atoms with Crippen molar-refractivity contribution < 1.29 is 38.1 Å². The highest BCUT2D eigenvalue weighted by atomic mass is 19.1. The summed E-state index contributed by atoms with van der Waals surface area (Å²) >= 11 is 0. The number of aliphatic hydroxyl groups excluding tert-OH is 1. The van der Waals surface area contributed by atoms with Crippen LogP contribution in [0.4, 0.5) is 14.0 Å². The molecule has 0 aliphatic heterocycles. The molecule has 13 heteroatoms. The number of unbranched alkanes of at least 4 members (excludes halogenated alkanes) is 1. The van der Waals surface area contributed by atoms with Gasteiger partial charge in [-0.2, -0.15) is 0 Å². The van der Waals surface area contributed by atoms with Gasteiger partial charge in [-0.3, -0.25) is 14.5 Å². The Hall–Kier alpha value is -5.43. The van der Waals surface area contributed by atoms with Gasteiger partial charge in [0, 0.05) is 43.2 Å². The first-order valence-electron chi connectivity index (χ1n) is 16.9. The summed E-state index contributed by atoms with van der Waals surface area (Å²) in [6, 6.07) is 20.7. The summed E-state index contributed by atoms with van der Waals surface area (Å²) in [5, 5.41) is 19.3. The number of aromatic amines is 1. The number of halogens is 1. The molecule has 0 bridgehead atoms. The number of ether oxygens (including phenoxy) is 2. The fraction of sp³-hybridized carbons (Fsp3) is 0.368. The average Bonchev–Trinajstić information content (AvgIpc) is 3.55. The van der Waals surface area contributed by atoms with Crippen molar-refractivity contribution in [3.63, 3.8) is 0 Å². The zero-order chi connectivity index (χ0) is 36.8. The molecule has 12 nitrogen and oxygen atoms in total. The maximum Gasteiger partial charge on any atom is 0.410 e. The molecule has 4 atom stereocenters. The molecule has 0 aliphatic carbocycles. The van der Waals surface area contributed by atoms with E-state index in [-0.39, 0.29) is 38.0 Å². The molecule has 272 valence electrons. The topological polar surface area (TPSA) is 162 Å². The van der Waals surface area contributed by atoms with Crippen molar-refractivity contribution in [2.75, 3.05) is 20.1 Å². The molecule has 1 aromatic heterocycles. The van der Waals surface area contributed by atoms with Crippen molar-refractivity contribution in [3.05, 3.63) is 108 Å². The van der Waals surface area contributed by atoms with Crippen molar-refractivity contribution in [1.82, 2.24) is 25.8 Å². The summed E-state index contributed by atoms with van der Waals surface area (Å²) in [7, 11) is 1.42. The first kappa shape index (κ1) is 38.4. The summed E-state index contributed by atoms with van der Waals surface area (Å²) in [4.78, 5) is 55.3. The van der Waals surface area contributed by atoms with Gasteiger partial charge in [0.25, 0.3) is 0 Å². The van der Waals surface area contributed by atoms with Crippen LogP contribution >= 0.6 is 0 Å². The van der Waals surface area contributed by atoms with Crippen LogP contribution in [0.5, 0.6) is 0 Å². The van der Waals surface area contributed by atoms with Gasteiger partial charge in [-0.25, -0.2) is 14.0 Å². The second-order valence-electron chi connectivity index (χ2n) is 12.4. The van der Waals surface area contributed by atoms with Gasteiger partial charge in [0.1, 0.15) is 31.1 Å². The van der Waals surface area contributed by atoms with E-state index in [1.807, 2.05) is 66.9 Å². The minimum atomic E-state index is -1.25. The van der Waals surface area contributed by atoms with Crippen molar-refractivity contribution in [3.8, 4) is 0 Å². The summed E-state index contributed by atoms with van der Waals surface area (Å²) < 4.78 is 24.5. The Bertz CT molecular complexity index is 1730. The third kappa shape index (κ3) is 11.6. The van der Waals surface area contributed by atoms with Gasteiger partial charge in [0.2, 0.25) is 11.8 Å². The quantitative estimate of drug-likeness (QED) is 0.0954. The highest BCUT2D eigenvalue weighted by Gasteiger charge is 2.30. The van der Waals surface area contributed by atoms with Crippen LogP contribution in [-0.4, -0.2) is 77.3 Å². The number of aromatic nitrogens is 1. The Morgan fingerprint density at radius 3 is 2.16 bits per heavy atom. The van der Waals surface area contributed by atoms with Crippen LogP contribution < -0.4 is 16.0 Å². The first-order valence-corrected chi connectivity index (χ1v) is 16.9. The maximum absolute atomic E-state index is 13.9. The normalized spacial score (nSPS) is 13.4. The van der Waals surface area contributed by atoms with Gasteiger partial charge in [0.05, 0.1) is 6.10 Å². The lowest BCUT2D eigenvalue weighted by Crippen LogP contribution is -2.56. The molecule has 0 aliphatic rings. The monoisotopic (exact) mass is 703 g/mol. The van der Waals surface area contributed by atoms with Crippen molar-refractivity contribution >= 4 is 34.9 Å². The molecule has 3 aromatic carbocycles. The van der Waals surface area contributed by atoms with Crippen LogP contribution in [0.3, 0.4) is 0 Å². The number of alkyl carbamates (subject to hydrolysis) is 1. The Morgan fingerprint density at radius 1 is 0.863 bits per heavy atom. The number of amides is 4. The zero-order valence-electron chi connectivity index (χ0n) is 29.1. The molecule has 0 saturated carbocycles. The van der Waals surface area contributed by atoms with E-state index in [0.717, 1.165) is 27.0 Å². The smallest absolute Gasteiger partial charge is 0.410 e. The fourth-order valence-corrected chi connectivity index (χ4v) is 5.48. The number of likely N-dealkylation sites (N-methyl/N-ethyl adjacent to an activating group) is 1. The SMILES string of the molecule is CC(O)C(NC(=O)C(C)N(C)C(=O)OCc1ccccc1)C(=O)NCCCCC(CNC(=O)OCc1ccccc1)c1c[nH]c2cc(F)ccc12.